The van der Waals surface area contributed by atoms with E-state index in [0.29, 0.717) is 13.2 Å². The van der Waals surface area contributed by atoms with Gasteiger partial charge in [0.05, 0.1) is 13.2 Å². The van der Waals surface area contributed by atoms with Gasteiger partial charge in [-0.05, 0) is 38.0 Å². The molecule has 1 aliphatic heterocycles. The first-order chi connectivity index (χ1) is 10.1. The fourth-order valence-electron chi connectivity index (χ4n) is 2.80. The monoisotopic (exact) mass is 283 g/mol. The largest absolute Gasteiger partial charge is 0.355 e. The number of para-hydroxylation sites is 2. The molecule has 0 amide bonds. The molecular weight excluding hydrogens is 262 g/mol. The number of nitrogens with one attached hydrogen (secondary N) is 1. The molecule has 0 atom stereocenters. The van der Waals surface area contributed by atoms with Crippen molar-refractivity contribution in [1.29, 1.82) is 0 Å². The van der Waals surface area contributed by atoms with Gasteiger partial charge in [-0.3, -0.25) is 0 Å². The van der Waals surface area contributed by atoms with Crippen LogP contribution in [0.2, 0.25) is 0 Å². The van der Waals surface area contributed by atoms with Crippen LogP contribution >= 0.6 is 0 Å². The van der Waals surface area contributed by atoms with Crippen LogP contribution in [0.15, 0.2) is 42.5 Å². The molecule has 110 valence electrons. The molecule has 2 aromatic rings. The van der Waals surface area contributed by atoms with Crippen LogP contribution in [-0.2, 0) is 15.3 Å². The van der Waals surface area contributed by atoms with E-state index in [1.54, 1.807) is 0 Å². The Morgan fingerprint density at radius 3 is 2.19 bits per heavy atom. The summed E-state index contributed by atoms with van der Waals surface area (Å²) in [7, 11) is 0. The van der Waals surface area contributed by atoms with Crippen molar-refractivity contribution in [1.82, 2.24) is 0 Å². The van der Waals surface area contributed by atoms with Crippen molar-refractivity contribution in [2.75, 3.05) is 18.5 Å². The quantitative estimate of drug-likeness (QED) is 0.912. The second-order valence-electron chi connectivity index (χ2n) is 5.58. The van der Waals surface area contributed by atoms with E-state index in [-0.39, 0.29) is 0 Å². The molecule has 1 aliphatic rings. The summed E-state index contributed by atoms with van der Waals surface area (Å²) >= 11 is 0. The maximum Gasteiger partial charge on any atom is 0.194 e. The van der Waals surface area contributed by atoms with E-state index >= 15 is 0 Å². The van der Waals surface area contributed by atoms with Crippen molar-refractivity contribution in [3.63, 3.8) is 0 Å². The summed E-state index contributed by atoms with van der Waals surface area (Å²) in [6.07, 6.45) is 0. The fraction of sp³-hybridized carbons (Fsp3) is 0.333. The first-order valence-electron chi connectivity index (χ1n) is 7.31. The number of rotatable bonds is 3. The van der Waals surface area contributed by atoms with Gasteiger partial charge in [-0.15, -0.1) is 0 Å². The van der Waals surface area contributed by atoms with Crippen LogP contribution in [0.5, 0.6) is 0 Å². The Morgan fingerprint density at radius 1 is 0.905 bits per heavy atom. The van der Waals surface area contributed by atoms with Crippen LogP contribution < -0.4 is 5.32 Å². The van der Waals surface area contributed by atoms with Crippen LogP contribution in [0.3, 0.4) is 0 Å². The topological polar surface area (TPSA) is 30.5 Å². The first-order valence-corrected chi connectivity index (χ1v) is 7.31. The summed E-state index contributed by atoms with van der Waals surface area (Å²) in [6, 6.07) is 14.5. The Balaban J connectivity index is 2.00. The molecule has 0 aliphatic carbocycles. The lowest BCUT2D eigenvalue weighted by molar-refractivity contribution is -0.149. The molecule has 1 heterocycles. The summed E-state index contributed by atoms with van der Waals surface area (Å²) in [6.45, 7) is 7.47. The minimum atomic E-state index is -0.666. The van der Waals surface area contributed by atoms with Gasteiger partial charge < -0.3 is 14.8 Å². The second-order valence-corrected chi connectivity index (χ2v) is 5.58. The SMILES string of the molecule is Cc1cccc(C)c1Nc1ccccc1C1(C)OCCO1. The second kappa shape index (κ2) is 5.51. The Bertz CT molecular complexity index is 625. The summed E-state index contributed by atoms with van der Waals surface area (Å²) in [5.74, 6) is -0.666. The predicted octanol–water partition coefficient (Wildman–Crippen LogP) is 4.27. The number of anilines is 2. The molecule has 0 saturated carbocycles. The van der Waals surface area contributed by atoms with Crippen molar-refractivity contribution >= 4 is 11.4 Å². The average Bonchev–Trinajstić information content (AvgIpc) is 2.91. The zero-order valence-corrected chi connectivity index (χ0v) is 12.8. The lowest BCUT2D eigenvalue weighted by Crippen LogP contribution is -2.23. The van der Waals surface area contributed by atoms with Crippen molar-refractivity contribution in [3.05, 3.63) is 59.2 Å². The highest BCUT2D eigenvalue weighted by atomic mass is 16.7. The highest BCUT2D eigenvalue weighted by molar-refractivity contribution is 5.69. The van der Waals surface area contributed by atoms with E-state index in [4.69, 9.17) is 9.47 Å². The van der Waals surface area contributed by atoms with Gasteiger partial charge in [-0.25, -0.2) is 0 Å². The predicted molar refractivity (Wildman–Crippen MR) is 84.9 cm³/mol. The average molecular weight is 283 g/mol. The molecule has 0 radical (unpaired) electrons. The van der Waals surface area contributed by atoms with Crippen LogP contribution in [0.1, 0.15) is 23.6 Å². The van der Waals surface area contributed by atoms with E-state index in [0.717, 1.165) is 16.9 Å². The van der Waals surface area contributed by atoms with Gasteiger partial charge in [0.2, 0.25) is 0 Å². The summed E-state index contributed by atoms with van der Waals surface area (Å²) < 4.78 is 11.6. The Labute approximate surface area is 125 Å². The minimum absolute atomic E-state index is 0.633. The van der Waals surface area contributed by atoms with E-state index in [9.17, 15) is 0 Å². The number of hydrogen-bond acceptors (Lipinski definition) is 3. The van der Waals surface area contributed by atoms with Gasteiger partial charge in [0, 0.05) is 16.9 Å². The van der Waals surface area contributed by atoms with Crippen LogP contribution in [0.25, 0.3) is 0 Å². The number of hydrogen-bond donors (Lipinski definition) is 1. The van der Waals surface area contributed by atoms with Crippen LogP contribution in [0.4, 0.5) is 11.4 Å². The molecule has 3 nitrogen and oxygen atoms in total. The van der Waals surface area contributed by atoms with Crippen molar-refractivity contribution in [2.24, 2.45) is 0 Å². The third kappa shape index (κ3) is 2.67. The molecule has 0 bridgehead atoms. The van der Waals surface area contributed by atoms with Crippen molar-refractivity contribution in [3.8, 4) is 0 Å². The normalized spacial score (nSPS) is 16.9. The molecule has 0 unspecified atom stereocenters. The summed E-state index contributed by atoms with van der Waals surface area (Å²) in [5.41, 5.74) is 5.66. The number of benzene rings is 2. The maximum absolute atomic E-state index is 5.80. The molecule has 0 aromatic heterocycles. The smallest absolute Gasteiger partial charge is 0.194 e. The number of ether oxygens (including phenoxy) is 2. The van der Waals surface area contributed by atoms with Crippen molar-refractivity contribution in [2.45, 2.75) is 26.6 Å². The molecule has 3 rings (SSSR count). The molecule has 1 fully saturated rings. The van der Waals surface area contributed by atoms with Crippen molar-refractivity contribution < 1.29 is 9.47 Å². The van der Waals surface area contributed by atoms with Crippen LogP contribution in [-0.4, -0.2) is 13.2 Å². The van der Waals surface area contributed by atoms with Gasteiger partial charge in [0.15, 0.2) is 5.79 Å². The Hall–Kier alpha value is -1.84. The highest BCUT2D eigenvalue weighted by Crippen LogP contribution is 2.37. The van der Waals surface area contributed by atoms with Crippen LogP contribution in [0, 0.1) is 13.8 Å². The Morgan fingerprint density at radius 2 is 1.52 bits per heavy atom. The summed E-state index contributed by atoms with van der Waals surface area (Å²) in [5, 5.41) is 3.55. The standard InChI is InChI=1S/C18H21NO2/c1-13-7-6-8-14(2)17(13)19-16-10-5-4-9-15(16)18(3)20-11-12-21-18/h4-10,19H,11-12H2,1-3H3. The zero-order chi connectivity index (χ0) is 14.9. The van der Waals surface area contributed by atoms with E-state index in [2.05, 4.69) is 49.5 Å². The third-order valence-electron chi connectivity index (χ3n) is 4.00. The van der Waals surface area contributed by atoms with Gasteiger partial charge in [0.25, 0.3) is 0 Å². The molecule has 0 spiro atoms. The van der Waals surface area contributed by atoms with E-state index in [1.165, 1.54) is 11.1 Å². The highest BCUT2D eigenvalue weighted by Gasteiger charge is 2.35. The molecule has 3 heteroatoms. The molecule has 2 aromatic carbocycles. The van der Waals surface area contributed by atoms with Gasteiger partial charge in [-0.1, -0.05) is 36.4 Å². The Kier molecular flexibility index (Phi) is 3.70. The van der Waals surface area contributed by atoms with Gasteiger partial charge in [0.1, 0.15) is 0 Å². The molecule has 1 N–H and O–H groups in total. The molecule has 21 heavy (non-hydrogen) atoms. The summed E-state index contributed by atoms with van der Waals surface area (Å²) in [4.78, 5) is 0. The fourth-order valence-corrected chi connectivity index (χ4v) is 2.80. The maximum atomic E-state index is 5.80. The zero-order valence-electron chi connectivity index (χ0n) is 12.8. The lowest BCUT2D eigenvalue weighted by Gasteiger charge is -2.26. The van der Waals surface area contributed by atoms with E-state index in [1.807, 2.05) is 19.1 Å². The van der Waals surface area contributed by atoms with Gasteiger partial charge >= 0.3 is 0 Å². The minimum Gasteiger partial charge on any atom is -0.355 e. The molecule has 1 saturated heterocycles. The van der Waals surface area contributed by atoms with Gasteiger partial charge in [-0.2, -0.15) is 0 Å². The van der Waals surface area contributed by atoms with E-state index < -0.39 is 5.79 Å². The first kappa shape index (κ1) is 14.1. The number of aryl methyl sites for hydroxylation is 2. The third-order valence-corrected chi connectivity index (χ3v) is 4.00. The lowest BCUT2D eigenvalue weighted by atomic mass is 10.0. The molecular formula is C18H21NO2.